The molecule has 9 heteroatoms. The topological polar surface area (TPSA) is 119 Å². The van der Waals surface area contributed by atoms with Gasteiger partial charge >= 0.3 is 0 Å². The number of halogens is 1. The highest BCUT2D eigenvalue weighted by molar-refractivity contribution is 9.09. The van der Waals surface area contributed by atoms with E-state index in [2.05, 4.69) is 30.9 Å². The predicted octanol–water partition coefficient (Wildman–Crippen LogP) is -0.577. The summed E-state index contributed by atoms with van der Waals surface area (Å²) in [7, 11) is 0. The van der Waals surface area contributed by atoms with Crippen LogP contribution in [0.1, 0.15) is 6.23 Å². The second kappa shape index (κ2) is 4.67. The fourth-order valence-electron chi connectivity index (χ4n) is 2.14. The van der Waals surface area contributed by atoms with E-state index in [1.807, 2.05) is 0 Å². The van der Waals surface area contributed by atoms with E-state index in [-0.39, 0.29) is 5.82 Å². The van der Waals surface area contributed by atoms with Gasteiger partial charge in [-0.05, 0) is 0 Å². The number of imidazole rings is 1. The number of ether oxygens (including phenoxy) is 1. The van der Waals surface area contributed by atoms with Gasteiger partial charge < -0.3 is 20.7 Å². The molecule has 0 unspecified atom stereocenters. The van der Waals surface area contributed by atoms with Crippen LogP contribution in [0.3, 0.4) is 0 Å². The first-order chi connectivity index (χ1) is 9.13. The number of alkyl halides is 1. The number of anilines is 1. The zero-order chi connectivity index (χ0) is 13.6. The first kappa shape index (κ1) is 12.7. The normalized spacial score (nSPS) is 31.1. The lowest BCUT2D eigenvalue weighted by Crippen LogP contribution is -2.32. The Balaban J connectivity index is 2.04. The van der Waals surface area contributed by atoms with Crippen molar-refractivity contribution in [2.75, 3.05) is 11.1 Å². The summed E-state index contributed by atoms with van der Waals surface area (Å²) < 4.78 is 7.15. The van der Waals surface area contributed by atoms with Crippen molar-refractivity contribution in [2.45, 2.75) is 24.5 Å². The van der Waals surface area contributed by atoms with Gasteiger partial charge in [0.25, 0.3) is 0 Å². The van der Waals surface area contributed by atoms with E-state index in [0.717, 1.165) is 0 Å². The van der Waals surface area contributed by atoms with Gasteiger partial charge in [-0.25, -0.2) is 15.0 Å². The number of aliphatic hydroxyl groups excluding tert-OH is 2. The molecule has 19 heavy (non-hydrogen) atoms. The molecule has 2 aromatic heterocycles. The molecule has 0 amide bonds. The van der Waals surface area contributed by atoms with Crippen molar-refractivity contribution in [1.82, 2.24) is 19.5 Å². The molecule has 102 valence electrons. The number of hydrogen-bond donors (Lipinski definition) is 3. The summed E-state index contributed by atoms with van der Waals surface area (Å²) in [6.45, 7) is 0. The molecule has 0 aromatic carbocycles. The van der Waals surface area contributed by atoms with E-state index in [4.69, 9.17) is 10.5 Å². The quantitative estimate of drug-likeness (QED) is 0.630. The van der Waals surface area contributed by atoms with Crippen molar-refractivity contribution in [3.63, 3.8) is 0 Å². The third-order valence-electron chi connectivity index (χ3n) is 3.15. The molecule has 1 fully saturated rings. The average Bonchev–Trinajstić information content (AvgIpc) is 2.94. The Bertz CT molecular complexity index is 606. The van der Waals surface area contributed by atoms with E-state index in [1.165, 1.54) is 12.7 Å². The number of aromatic nitrogens is 4. The fraction of sp³-hybridized carbons (Fsp3) is 0.500. The SMILES string of the molecule is Nc1ncnc2c1ncn2[C@@H]1O[C@H](CBr)[C@@H](O)[C@H]1O. The van der Waals surface area contributed by atoms with Crippen LogP contribution in [-0.4, -0.2) is 53.4 Å². The van der Waals surface area contributed by atoms with Crippen molar-refractivity contribution in [3.8, 4) is 0 Å². The molecule has 1 aliphatic rings. The second-order valence-electron chi connectivity index (χ2n) is 4.28. The molecule has 4 N–H and O–H groups in total. The first-order valence-corrected chi connectivity index (χ1v) is 6.76. The van der Waals surface area contributed by atoms with Crippen LogP contribution in [0.25, 0.3) is 11.2 Å². The Kier molecular flexibility index (Phi) is 3.13. The number of nitrogens with zero attached hydrogens (tertiary/aromatic N) is 4. The largest absolute Gasteiger partial charge is 0.387 e. The van der Waals surface area contributed by atoms with E-state index >= 15 is 0 Å². The van der Waals surface area contributed by atoms with Gasteiger partial charge in [-0.3, -0.25) is 4.57 Å². The molecular formula is C10H12BrN5O3. The zero-order valence-electron chi connectivity index (χ0n) is 9.72. The molecule has 1 aliphatic heterocycles. The van der Waals surface area contributed by atoms with Gasteiger partial charge in [-0.1, -0.05) is 15.9 Å². The molecule has 2 aromatic rings. The molecule has 1 saturated heterocycles. The van der Waals surface area contributed by atoms with Crippen LogP contribution >= 0.6 is 15.9 Å². The third-order valence-corrected chi connectivity index (χ3v) is 3.79. The standard InChI is InChI=1S/C10H12BrN5O3/c11-1-4-6(17)7(18)10(19-4)16-3-15-5-8(12)13-2-14-9(5)16/h2-4,6-7,10,17-18H,1H2,(H2,12,13,14)/t4-,6-,7-,10-/m1/s1. The summed E-state index contributed by atoms with van der Waals surface area (Å²) in [6, 6.07) is 0. The summed E-state index contributed by atoms with van der Waals surface area (Å²) in [5.74, 6) is 0.258. The zero-order valence-corrected chi connectivity index (χ0v) is 11.3. The summed E-state index contributed by atoms with van der Waals surface area (Å²) in [5.41, 5.74) is 6.59. The molecule has 0 aliphatic carbocycles. The van der Waals surface area contributed by atoms with Gasteiger partial charge in [0, 0.05) is 5.33 Å². The van der Waals surface area contributed by atoms with Crippen LogP contribution in [0.2, 0.25) is 0 Å². The first-order valence-electron chi connectivity index (χ1n) is 5.64. The van der Waals surface area contributed by atoms with Crippen molar-refractivity contribution >= 4 is 32.9 Å². The van der Waals surface area contributed by atoms with Crippen LogP contribution in [0.5, 0.6) is 0 Å². The van der Waals surface area contributed by atoms with E-state index < -0.39 is 24.5 Å². The molecule has 8 nitrogen and oxygen atoms in total. The molecule has 0 bridgehead atoms. The Morgan fingerprint density at radius 2 is 2.11 bits per heavy atom. The summed E-state index contributed by atoms with van der Waals surface area (Å²) in [4.78, 5) is 12.0. The molecule has 4 atom stereocenters. The molecule has 3 heterocycles. The number of nitrogens with two attached hydrogens (primary N) is 1. The number of rotatable bonds is 2. The minimum Gasteiger partial charge on any atom is -0.387 e. The molecule has 0 radical (unpaired) electrons. The van der Waals surface area contributed by atoms with Gasteiger partial charge in [0.1, 0.15) is 24.1 Å². The predicted molar refractivity (Wildman–Crippen MR) is 69.5 cm³/mol. The van der Waals surface area contributed by atoms with Crippen molar-refractivity contribution in [2.24, 2.45) is 0 Å². The number of hydrogen-bond acceptors (Lipinski definition) is 7. The Hall–Kier alpha value is -1.29. The van der Waals surface area contributed by atoms with Crippen molar-refractivity contribution in [3.05, 3.63) is 12.7 Å². The number of fused-ring (bicyclic) bond motifs is 1. The van der Waals surface area contributed by atoms with Gasteiger partial charge in [-0.2, -0.15) is 0 Å². The Labute approximate surface area is 116 Å². The minimum absolute atomic E-state index is 0.258. The lowest BCUT2D eigenvalue weighted by atomic mass is 10.1. The molecule has 0 saturated carbocycles. The van der Waals surface area contributed by atoms with E-state index in [1.54, 1.807) is 4.57 Å². The van der Waals surface area contributed by atoms with Crippen LogP contribution in [0.4, 0.5) is 5.82 Å². The number of aliphatic hydroxyl groups is 2. The number of nitrogen functional groups attached to an aromatic ring is 1. The maximum absolute atomic E-state index is 10.0. The maximum Gasteiger partial charge on any atom is 0.167 e. The van der Waals surface area contributed by atoms with Crippen LogP contribution in [0, 0.1) is 0 Å². The molecular weight excluding hydrogens is 318 g/mol. The van der Waals surface area contributed by atoms with Crippen LogP contribution in [-0.2, 0) is 4.74 Å². The monoisotopic (exact) mass is 329 g/mol. The second-order valence-corrected chi connectivity index (χ2v) is 4.93. The van der Waals surface area contributed by atoms with Gasteiger partial charge in [0.05, 0.1) is 12.4 Å². The van der Waals surface area contributed by atoms with Gasteiger partial charge in [0.2, 0.25) is 0 Å². The van der Waals surface area contributed by atoms with Crippen molar-refractivity contribution in [1.29, 1.82) is 0 Å². The minimum atomic E-state index is -1.06. The summed E-state index contributed by atoms with van der Waals surface area (Å²) in [6.07, 6.45) is -0.492. The highest BCUT2D eigenvalue weighted by Crippen LogP contribution is 2.32. The lowest BCUT2D eigenvalue weighted by molar-refractivity contribution is -0.0286. The fourth-order valence-corrected chi connectivity index (χ4v) is 2.68. The summed E-state index contributed by atoms with van der Waals surface area (Å²) in [5, 5.41) is 20.3. The third kappa shape index (κ3) is 1.89. The van der Waals surface area contributed by atoms with Crippen molar-refractivity contribution < 1.29 is 14.9 Å². The van der Waals surface area contributed by atoms with Crippen LogP contribution < -0.4 is 5.73 Å². The average molecular weight is 330 g/mol. The molecule has 3 rings (SSSR count). The smallest absolute Gasteiger partial charge is 0.167 e. The lowest BCUT2D eigenvalue weighted by Gasteiger charge is -2.16. The highest BCUT2D eigenvalue weighted by Gasteiger charge is 2.43. The van der Waals surface area contributed by atoms with E-state index in [9.17, 15) is 10.2 Å². The highest BCUT2D eigenvalue weighted by atomic mass is 79.9. The van der Waals surface area contributed by atoms with Gasteiger partial charge in [0.15, 0.2) is 17.7 Å². The van der Waals surface area contributed by atoms with E-state index in [0.29, 0.717) is 16.5 Å². The van der Waals surface area contributed by atoms with Gasteiger partial charge in [-0.15, -0.1) is 0 Å². The van der Waals surface area contributed by atoms with Crippen LogP contribution in [0.15, 0.2) is 12.7 Å². The Morgan fingerprint density at radius 1 is 1.32 bits per heavy atom. The molecule has 0 spiro atoms. The maximum atomic E-state index is 10.0. The summed E-state index contributed by atoms with van der Waals surface area (Å²) >= 11 is 3.23. The Morgan fingerprint density at radius 3 is 2.79 bits per heavy atom.